The molecule has 0 radical (unpaired) electrons. The highest BCUT2D eigenvalue weighted by molar-refractivity contribution is 7.25. The molecule has 4 nitrogen and oxygen atoms in total. The molecule has 5 heteroatoms. The van der Waals surface area contributed by atoms with Gasteiger partial charge in [0.15, 0.2) is 0 Å². The molecule has 9 aromatic rings. The van der Waals surface area contributed by atoms with Gasteiger partial charge in [-0.05, 0) is 78.9 Å². The lowest BCUT2D eigenvalue weighted by atomic mass is 10.1. The molecule has 0 saturated carbocycles. The second kappa shape index (κ2) is 8.81. The SMILES string of the molecule is N#Cc1ccc2sc3cc4c5ccccc5n(-c5cccc(-n6c7ccccc7c7cc(C#N)ccc76)c5)c4cc3c2c1. The summed E-state index contributed by atoms with van der Waals surface area (Å²) < 4.78 is 7.05. The zero-order chi connectivity index (χ0) is 28.7. The molecular weight excluding hydrogens is 545 g/mol. The highest BCUT2D eigenvalue weighted by Crippen LogP contribution is 2.41. The fourth-order valence-corrected chi connectivity index (χ4v) is 7.79. The van der Waals surface area contributed by atoms with Crippen molar-refractivity contribution in [2.45, 2.75) is 0 Å². The lowest BCUT2D eigenvalue weighted by Gasteiger charge is -2.13. The summed E-state index contributed by atoms with van der Waals surface area (Å²) in [4.78, 5) is 0. The topological polar surface area (TPSA) is 57.4 Å². The van der Waals surface area contributed by atoms with E-state index in [9.17, 15) is 10.5 Å². The minimum absolute atomic E-state index is 0.656. The standard InChI is InChI=1S/C38H20N4S/c39-21-23-12-14-35-29(16-23)27-8-1-3-10-33(27)41(35)25-6-5-7-26(18-25)42-34-11-4-2-9-28(34)30-20-38-32(19-36(30)42)31-17-24(22-40)13-15-37(31)43-38/h1-20H. The zero-order valence-electron chi connectivity index (χ0n) is 22.7. The average Bonchev–Trinajstić information content (AvgIpc) is 3.70. The van der Waals surface area contributed by atoms with Crippen LogP contribution < -0.4 is 0 Å². The van der Waals surface area contributed by atoms with Crippen molar-refractivity contribution in [2.75, 3.05) is 0 Å². The van der Waals surface area contributed by atoms with Crippen LogP contribution in [0.5, 0.6) is 0 Å². The Morgan fingerprint density at radius 3 is 1.67 bits per heavy atom. The molecule has 3 heterocycles. The van der Waals surface area contributed by atoms with Gasteiger partial charge in [-0.3, -0.25) is 0 Å². The summed E-state index contributed by atoms with van der Waals surface area (Å²) in [6.07, 6.45) is 0. The number of rotatable bonds is 2. The van der Waals surface area contributed by atoms with Crippen LogP contribution in [0.3, 0.4) is 0 Å². The van der Waals surface area contributed by atoms with E-state index in [1.807, 2.05) is 30.3 Å². The molecule has 0 saturated heterocycles. The first-order chi connectivity index (χ1) is 21.2. The first kappa shape index (κ1) is 23.8. The maximum atomic E-state index is 9.57. The third-order valence-electron chi connectivity index (χ3n) is 8.54. The van der Waals surface area contributed by atoms with Gasteiger partial charge in [-0.25, -0.2) is 0 Å². The molecular formula is C38H20N4S. The van der Waals surface area contributed by atoms with Crippen LogP contribution in [0.15, 0.2) is 121 Å². The maximum absolute atomic E-state index is 9.57. The number of hydrogen-bond donors (Lipinski definition) is 0. The van der Waals surface area contributed by atoms with Crippen molar-refractivity contribution >= 4 is 75.1 Å². The molecule has 0 N–H and O–H groups in total. The van der Waals surface area contributed by atoms with Gasteiger partial charge in [-0.2, -0.15) is 10.5 Å². The molecule has 0 amide bonds. The molecule has 0 aliphatic rings. The fourth-order valence-electron chi connectivity index (χ4n) is 6.68. The number of aromatic nitrogens is 2. The molecule has 0 fully saturated rings. The van der Waals surface area contributed by atoms with Crippen molar-refractivity contribution in [2.24, 2.45) is 0 Å². The monoisotopic (exact) mass is 564 g/mol. The summed E-state index contributed by atoms with van der Waals surface area (Å²) in [6, 6.07) is 46.7. The van der Waals surface area contributed by atoms with Crippen molar-refractivity contribution in [1.82, 2.24) is 9.13 Å². The summed E-state index contributed by atoms with van der Waals surface area (Å²) in [5.74, 6) is 0. The molecule has 0 aliphatic heterocycles. The predicted octanol–water partition coefficient (Wildman–Crippen LogP) is 9.99. The molecule has 9 rings (SSSR count). The number of hydrogen-bond acceptors (Lipinski definition) is 3. The third kappa shape index (κ3) is 3.35. The van der Waals surface area contributed by atoms with E-state index in [4.69, 9.17) is 0 Å². The van der Waals surface area contributed by atoms with E-state index in [0.29, 0.717) is 11.1 Å². The van der Waals surface area contributed by atoms with Crippen LogP contribution in [0.4, 0.5) is 0 Å². The first-order valence-corrected chi connectivity index (χ1v) is 14.9. The Balaban J connectivity index is 1.35. The number of benzene rings is 6. The molecule has 198 valence electrons. The van der Waals surface area contributed by atoms with Gasteiger partial charge in [0.1, 0.15) is 0 Å². The summed E-state index contributed by atoms with van der Waals surface area (Å²) in [5.41, 5.74) is 7.91. The van der Waals surface area contributed by atoms with Crippen LogP contribution in [0.25, 0.3) is 75.2 Å². The Morgan fingerprint density at radius 1 is 0.419 bits per heavy atom. The van der Waals surface area contributed by atoms with Crippen molar-refractivity contribution in [1.29, 1.82) is 10.5 Å². The number of para-hydroxylation sites is 2. The smallest absolute Gasteiger partial charge is 0.0991 e. The van der Waals surface area contributed by atoms with Gasteiger partial charge in [-0.1, -0.05) is 42.5 Å². The molecule has 0 aliphatic carbocycles. The summed E-state index contributed by atoms with van der Waals surface area (Å²) in [5, 5.41) is 26.0. The van der Waals surface area contributed by atoms with E-state index in [0.717, 1.165) is 49.6 Å². The van der Waals surface area contributed by atoms with Crippen LogP contribution in [0.2, 0.25) is 0 Å². The van der Waals surface area contributed by atoms with Gasteiger partial charge in [0.2, 0.25) is 0 Å². The molecule has 43 heavy (non-hydrogen) atoms. The lowest BCUT2D eigenvalue weighted by molar-refractivity contribution is 1.13. The minimum atomic E-state index is 0.656. The fraction of sp³-hybridized carbons (Fsp3) is 0. The van der Waals surface area contributed by atoms with Gasteiger partial charge < -0.3 is 9.13 Å². The highest BCUT2D eigenvalue weighted by Gasteiger charge is 2.17. The summed E-state index contributed by atoms with van der Waals surface area (Å²) in [6.45, 7) is 0. The van der Waals surface area contributed by atoms with Gasteiger partial charge in [0, 0.05) is 53.1 Å². The average molecular weight is 565 g/mol. The number of nitrogens with zero attached hydrogens (tertiary/aromatic N) is 4. The predicted molar refractivity (Wildman–Crippen MR) is 177 cm³/mol. The molecule has 0 bridgehead atoms. The van der Waals surface area contributed by atoms with Gasteiger partial charge in [0.25, 0.3) is 0 Å². The van der Waals surface area contributed by atoms with Gasteiger partial charge >= 0.3 is 0 Å². The van der Waals surface area contributed by atoms with Crippen molar-refractivity contribution in [3.05, 3.63) is 132 Å². The van der Waals surface area contributed by atoms with Crippen molar-refractivity contribution in [3.8, 4) is 23.5 Å². The van der Waals surface area contributed by atoms with Crippen LogP contribution in [-0.4, -0.2) is 9.13 Å². The van der Waals surface area contributed by atoms with Crippen molar-refractivity contribution < 1.29 is 0 Å². The zero-order valence-corrected chi connectivity index (χ0v) is 23.6. The minimum Gasteiger partial charge on any atom is -0.309 e. The van der Waals surface area contributed by atoms with E-state index >= 15 is 0 Å². The highest BCUT2D eigenvalue weighted by atomic mass is 32.1. The van der Waals surface area contributed by atoms with Crippen LogP contribution in [0, 0.1) is 22.7 Å². The van der Waals surface area contributed by atoms with E-state index in [1.54, 1.807) is 11.3 Å². The molecule has 6 aromatic carbocycles. The Labute approximate surface area is 250 Å². The summed E-state index contributed by atoms with van der Waals surface area (Å²) >= 11 is 1.77. The Morgan fingerprint density at radius 2 is 0.977 bits per heavy atom. The number of thiophene rings is 1. The van der Waals surface area contributed by atoms with Gasteiger partial charge in [0.05, 0.1) is 45.3 Å². The maximum Gasteiger partial charge on any atom is 0.0991 e. The molecule has 0 spiro atoms. The summed E-state index contributed by atoms with van der Waals surface area (Å²) in [7, 11) is 0. The first-order valence-electron chi connectivity index (χ1n) is 14.1. The molecule has 3 aromatic heterocycles. The van der Waals surface area contributed by atoms with E-state index in [1.165, 1.54) is 25.6 Å². The van der Waals surface area contributed by atoms with Crippen LogP contribution >= 0.6 is 11.3 Å². The normalized spacial score (nSPS) is 11.7. The molecule has 0 atom stereocenters. The molecule has 0 unspecified atom stereocenters. The van der Waals surface area contributed by atoms with E-state index < -0.39 is 0 Å². The van der Waals surface area contributed by atoms with Gasteiger partial charge in [-0.15, -0.1) is 11.3 Å². The number of fused-ring (bicyclic) bond motifs is 9. The second-order valence-electron chi connectivity index (χ2n) is 10.9. The van der Waals surface area contributed by atoms with Crippen LogP contribution in [-0.2, 0) is 0 Å². The second-order valence-corrected chi connectivity index (χ2v) is 11.9. The van der Waals surface area contributed by atoms with E-state index in [-0.39, 0.29) is 0 Å². The van der Waals surface area contributed by atoms with Crippen molar-refractivity contribution in [3.63, 3.8) is 0 Å². The lowest BCUT2D eigenvalue weighted by Crippen LogP contribution is -1.98. The Kier molecular flexibility index (Phi) is 4.87. The Bertz CT molecular complexity index is 2710. The quantitative estimate of drug-likeness (QED) is 0.210. The van der Waals surface area contributed by atoms with Crippen LogP contribution in [0.1, 0.15) is 11.1 Å². The number of nitriles is 2. The largest absolute Gasteiger partial charge is 0.309 e. The van der Waals surface area contributed by atoms with E-state index in [2.05, 4.69) is 112 Å². The Hall–Kier alpha value is -5.88. The third-order valence-corrected chi connectivity index (χ3v) is 9.67.